The van der Waals surface area contributed by atoms with Crippen LogP contribution in [0, 0.1) is 17.1 Å². The van der Waals surface area contributed by atoms with Gasteiger partial charge in [-0.3, -0.25) is 10.1 Å². The molecule has 0 fully saturated rings. The van der Waals surface area contributed by atoms with Gasteiger partial charge < -0.3 is 10.1 Å². The van der Waals surface area contributed by atoms with Crippen LogP contribution in [-0.2, 0) is 9.53 Å². The molecule has 0 spiro atoms. The van der Waals surface area contributed by atoms with Crippen LogP contribution in [-0.4, -0.2) is 17.6 Å². The van der Waals surface area contributed by atoms with Gasteiger partial charge in [0.1, 0.15) is 17.8 Å². The summed E-state index contributed by atoms with van der Waals surface area (Å²) >= 11 is 0. The van der Waals surface area contributed by atoms with Gasteiger partial charge in [0.2, 0.25) is 5.91 Å². The molecule has 2 amide bonds. The number of ether oxygens (including phenoxy) is 1. The molecular formula is C14H16FN3O3. The van der Waals surface area contributed by atoms with Crippen molar-refractivity contribution in [2.75, 3.05) is 10.6 Å². The van der Waals surface area contributed by atoms with Crippen LogP contribution in [0.5, 0.6) is 0 Å². The highest BCUT2D eigenvalue weighted by atomic mass is 19.1. The smallest absolute Gasteiger partial charge is 0.412 e. The maximum Gasteiger partial charge on any atom is 0.412 e. The lowest BCUT2D eigenvalue weighted by molar-refractivity contribution is -0.115. The standard InChI is InChI=1S/C14H16FN3O3/c1-14(2,3)21-13(20)18-11-8-9(4-5-10(11)15)17-12(19)6-7-16/h4-5,8H,6H2,1-3H3,(H,17,19)(H,18,20). The highest BCUT2D eigenvalue weighted by Gasteiger charge is 2.17. The molecule has 112 valence electrons. The first-order valence-electron chi connectivity index (χ1n) is 6.17. The van der Waals surface area contributed by atoms with Crippen molar-refractivity contribution in [2.24, 2.45) is 0 Å². The highest BCUT2D eigenvalue weighted by molar-refractivity contribution is 5.93. The summed E-state index contributed by atoms with van der Waals surface area (Å²) in [6.45, 7) is 5.05. The number of benzene rings is 1. The van der Waals surface area contributed by atoms with Crippen molar-refractivity contribution in [1.29, 1.82) is 5.26 Å². The fraction of sp³-hybridized carbons (Fsp3) is 0.357. The number of hydrogen-bond acceptors (Lipinski definition) is 4. The Kier molecular flexibility index (Phi) is 5.24. The lowest BCUT2D eigenvalue weighted by Crippen LogP contribution is -2.27. The minimum absolute atomic E-state index is 0.126. The van der Waals surface area contributed by atoms with E-state index in [1.807, 2.05) is 0 Å². The number of hydrogen-bond donors (Lipinski definition) is 2. The van der Waals surface area contributed by atoms with Crippen LogP contribution in [0.1, 0.15) is 27.2 Å². The van der Waals surface area contributed by atoms with E-state index in [2.05, 4.69) is 10.6 Å². The summed E-state index contributed by atoms with van der Waals surface area (Å²) in [4.78, 5) is 22.9. The van der Waals surface area contributed by atoms with E-state index in [9.17, 15) is 14.0 Å². The molecule has 0 saturated carbocycles. The summed E-state index contributed by atoms with van der Waals surface area (Å²) in [5.74, 6) is -1.19. The third-order valence-corrected chi connectivity index (χ3v) is 2.13. The predicted molar refractivity (Wildman–Crippen MR) is 75.1 cm³/mol. The Balaban J connectivity index is 2.81. The Bertz CT molecular complexity index is 588. The van der Waals surface area contributed by atoms with Crippen molar-refractivity contribution < 1.29 is 18.7 Å². The third-order valence-electron chi connectivity index (χ3n) is 2.13. The number of rotatable bonds is 3. The van der Waals surface area contributed by atoms with E-state index in [1.165, 1.54) is 12.1 Å². The molecule has 0 aliphatic rings. The first kappa shape index (κ1) is 16.4. The van der Waals surface area contributed by atoms with Gasteiger partial charge in [0.25, 0.3) is 0 Å². The van der Waals surface area contributed by atoms with Crippen LogP contribution in [0.4, 0.5) is 20.6 Å². The average molecular weight is 293 g/mol. The Morgan fingerprint density at radius 1 is 1.33 bits per heavy atom. The minimum atomic E-state index is -0.804. The molecule has 0 unspecified atom stereocenters. The molecule has 0 aliphatic carbocycles. The van der Waals surface area contributed by atoms with E-state index in [-0.39, 0.29) is 17.8 Å². The van der Waals surface area contributed by atoms with Crippen molar-refractivity contribution in [2.45, 2.75) is 32.8 Å². The number of anilines is 2. The van der Waals surface area contributed by atoms with Gasteiger partial charge in [-0.1, -0.05) is 0 Å². The Morgan fingerprint density at radius 3 is 2.57 bits per heavy atom. The van der Waals surface area contributed by atoms with Crippen LogP contribution in [0.3, 0.4) is 0 Å². The number of carbonyl (C=O) groups is 2. The van der Waals surface area contributed by atoms with Crippen molar-refractivity contribution in [3.8, 4) is 6.07 Å². The third kappa shape index (κ3) is 5.91. The summed E-state index contributed by atoms with van der Waals surface area (Å²) in [5.41, 5.74) is -0.569. The van der Waals surface area contributed by atoms with E-state index in [1.54, 1.807) is 26.8 Å². The zero-order chi connectivity index (χ0) is 16.0. The molecule has 2 N–H and O–H groups in total. The second-order valence-corrected chi connectivity index (χ2v) is 5.20. The summed E-state index contributed by atoms with van der Waals surface area (Å²) in [7, 11) is 0. The first-order valence-corrected chi connectivity index (χ1v) is 6.17. The Morgan fingerprint density at radius 2 is 2.00 bits per heavy atom. The topological polar surface area (TPSA) is 91.2 Å². The maximum absolute atomic E-state index is 13.6. The molecule has 1 rings (SSSR count). The minimum Gasteiger partial charge on any atom is -0.444 e. The van der Waals surface area contributed by atoms with E-state index in [0.717, 1.165) is 6.07 Å². The number of nitrogens with zero attached hydrogens (tertiary/aromatic N) is 1. The quantitative estimate of drug-likeness (QED) is 0.896. The zero-order valence-electron chi connectivity index (χ0n) is 12.0. The predicted octanol–water partition coefficient (Wildman–Crippen LogP) is 3.02. The molecule has 0 heterocycles. The fourth-order valence-electron chi connectivity index (χ4n) is 1.39. The summed E-state index contributed by atoms with van der Waals surface area (Å²) in [6, 6.07) is 5.36. The molecule has 0 atom stereocenters. The summed E-state index contributed by atoms with van der Waals surface area (Å²) in [6.07, 6.45) is -1.12. The first-order chi connectivity index (χ1) is 9.71. The van der Waals surface area contributed by atoms with Gasteiger partial charge in [-0.25, -0.2) is 9.18 Å². The van der Waals surface area contributed by atoms with Crippen molar-refractivity contribution >= 4 is 23.4 Å². The van der Waals surface area contributed by atoms with E-state index in [0.29, 0.717) is 0 Å². The van der Waals surface area contributed by atoms with Crippen LogP contribution in [0.2, 0.25) is 0 Å². The molecule has 0 aliphatic heterocycles. The molecular weight excluding hydrogens is 277 g/mol. The van der Waals surface area contributed by atoms with E-state index in [4.69, 9.17) is 10.00 Å². The number of carbonyl (C=O) groups excluding carboxylic acids is 2. The normalized spacial score (nSPS) is 10.4. The van der Waals surface area contributed by atoms with Gasteiger partial charge in [0, 0.05) is 5.69 Å². The number of halogens is 1. The van der Waals surface area contributed by atoms with Crippen molar-refractivity contribution in [3.05, 3.63) is 24.0 Å². The van der Waals surface area contributed by atoms with E-state index < -0.39 is 23.4 Å². The van der Waals surface area contributed by atoms with Crippen LogP contribution >= 0.6 is 0 Å². The Labute approximate surface area is 121 Å². The molecule has 0 saturated heterocycles. The van der Waals surface area contributed by atoms with Gasteiger partial charge in [0.05, 0.1) is 11.8 Å². The molecule has 6 nitrogen and oxygen atoms in total. The second kappa shape index (κ2) is 6.70. The van der Waals surface area contributed by atoms with Crippen LogP contribution in [0.15, 0.2) is 18.2 Å². The number of nitrogens with one attached hydrogen (secondary N) is 2. The number of nitriles is 1. The van der Waals surface area contributed by atoms with Gasteiger partial charge in [-0.05, 0) is 39.0 Å². The average Bonchev–Trinajstić information content (AvgIpc) is 2.31. The summed E-state index contributed by atoms with van der Waals surface area (Å²) in [5, 5.41) is 13.1. The lowest BCUT2D eigenvalue weighted by atomic mass is 10.2. The Hall–Kier alpha value is -2.62. The SMILES string of the molecule is CC(C)(C)OC(=O)Nc1cc(NC(=O)CC#N)ccc1F. The monoisotopic (exact) mass is 293 g/mol. The molecule has 1 aromatic carbocycles. The van der Waals surface area contributed by atoms with Gasteiger partial charge >= 0.3 is 6.09 Å². The summed E-state index contributed by atoms with van der Waals surface area (Å²) < 4.78 is 18.6. The largest absolute Gasteiger partial charge is 0.444 e. The maximum atomic E-state index is 13.6. The van der Waals surface area contributed by atoms with Gasteiger partial charge in [-0.15, -0.1) is 0 Å². The number of amides is 2. The molecule has 0 bridgehead atoms. The van der Waals surface area contributed by atoms with Gasteiger partial charge in [-0.2, -0.15) is 5.26 Å². The van der Waals surface area contributed by atoms with Crippen molar-refractivity contribution in [1.82, 2.24) is 0 Å². The fourth-order valence-corrected chi connectivity index (χ4v) is 1.39. The van der Waals surface area contributed by atoms with Crippen molar-refractivity contribution in [3.63, 3.8) is 0 Å². The lowest BCUT2D eigenvalue weighted by Gasteiger charge is -2.20. The van der Waals surface area contributed by atoms with Gasteiger partial charge in [0.15, 0.2) is 0 Å². The van der Waals surface area contributed by atoms with Crippen LogP contribution in [0.25, 0.3) is 0 Å². The molecule has 0 aromatic heterocycles. The molecule has 7 heteroatoms. The zero-order valence-corrected chi connectivity index (χ0v) is 12.0. The molecule has 1 aromatic rings. The highest BCUT2D eigenvalue weighted by Crippen LogP contribution is 2.20. The van der Waals surface area contributed by atoms with Crippen LogP contribution < -0.4 is 10.6 Å². The molecule has 0 radical (unpaired) electrons. The second-order valence-electron chi connectivity index (χ2n) is 5.20. The molecule has 21 heavy (non-hydrogen) atoms. The van der Waals surface area contributed by atoms with E-state index >= 15 is 0 Å².